The summed E-state index contributed by atoms with van der Waals surface area (Å²) in [7, 11) is 0. The molecule has 0 aromatic carbocycles. The molecule has 0 aromatic heterocycles. The summed E-state index contributed by atoms with van der Waals surface area (Å²) in [5, 5.41) is 0. The van der Waals surface area contributed by atoms with Gasteiger partial charge in [0.15, 0.2) is 0 Å². The minimum absolute atomic E-state index is 0. The van der Waals surface area contributed by atoms with E-state index in [1.165, 1.54) is 0 Å². The Hall–Kier alpha value is 2.67. The molecule has 24 valence electrons. The Morgan fingerprint density at radius 3 is 0.600 bits per heavy atom. The van der Waals surface area contributed by atoms with Crippen molar-refractivity contribution < 1.29 is 108 Å². The van der Waals surface area contributed by atoms with Crippen LogP contribution in [0.15, 0.2) is 0 Å². The fourth-order valence-electron chi connectivity index (χ4n) is 0. The topological polar surface area (TPSA) is 85.5 Å². The predicted molar refractivity (Wildman–Crippen MR) is 2.06 cm³/mol. The van der Waals surface area contributed by atoms with Crippen molar-refractivity contribution in [3.05, 3.63) is 0 Å². The summed E-state index contributed by atoms with van der Waals surface area (Å²) < 4.78 is 0. The SMILES string of the molecule is [Cs+].[Nb+5].[O-2].[O-2].[O-2]. The van der Waals surface area contributed by atoms with Crippen LogP contribution in [0.2, 0.25) is 0 Å². The van der Waals surface area contributed by atoms with Gasteiger partial charge in [0.1, 0.15) is 0 Å². The normalized spacial score (nSPS) is 0. The monoisotopic (exact) mass is 274 g/mol. The number of hydrogen-bond donors (Lipinski definition) is 0. The molecule has 0 heterocycles. The molecule has 5 heteroatoms. The second kappa shape index (κ2) is 30.1. The van der Waals surface area contributed by atoms with Crippen LogP contribution in [0, 0.1) is 0 Å². The van der Waals surface area contributed by atoms with E-state index in [1.807, 2.05) is 0 Å². The average molecular weight is 274 g/mol. The zero-order chi connectivity index (χ0) is 0. The predicted octanol–water partition coefficient (Wildman–Crippen LogP) is -3.35. The summed E-state index contributed by atoms with van der Waals surface area (Å²) in [5.74, 6) is 0. The molecule has 0 saturated carbocycles. The van der Waals surface area contributed by atoms with E-state index in [4.69, 9.17) is 0 Å². The van der Waals surface area contributed by atoms with Crippen molar-refractivity contribution in [3.63, 3.8) is 0 Å². The summed E-state index contributed by atoms with van der Waals surface area (Å²) in [5.41, 5.74) is 0. The molecular weight excluding hydrogens is 274 g/mol. The summed E-state index contributed by atoms with van der Waals surface area (Å²) in [4.78, 5) is 0. The molecule has 0 aliphatic carbocycles. The molecule has 0 fully saturated rings. The van der Waals surface area contributed by atoms with Crippen molar-refractivity contribution in [2.45, 2.75) is 0 Å². The van der Waals surface area contributed by atoms with Crippen LogP contribution in [-0.2, 0) is 38.8 Å². The Bertz CT molecular complexity index is 6.85. The van der Waals surface area contributed by atoms with E-state index in [1.54, 1.807) is 0 Å². The summed E-state index contributed by atoms with van der Waals surface area (Å²) in [6.45, 7) is 0. The van der Waals surface area contributed by atoms with E-state index in [-0.39, 0.29) is 108 Å². The van der Waals surface area contributed by atoms with Crippen LogP contribution in [0.5, 0.6) is 0 Å². The van der Waals surface area contributed by atoms with Gasteiger partial charge in [0.05, 0.1) is 0 Å². The van der Waals surface area contributed by atoms with Gasteiger partial charge in [-0.05, 0) is 0 Å². The standard InChI is InChI=1S/Cs.Nb.3O/q+1;+5;3*-2. The summed E-state index contributed by atoms with van der Waals surface area (Å²) >= 11 is 0. The first-order valence-corrected chi connectivity index (χ1v) is 0. The van der Waals surface area contributed by atoms with E-state index in [0.29, 0.717) is 0 Å². The maximum absolute atomic E-state index is 0. The van der Waals surface area contributed by atoms with Crippen LogP contribution < -0.4 is 68.9 Å². The third-order valence-electron chi connectivity index (χ3n) is 0. The van der Waals surface area contributed by atoms with Gasteiger partial charge >= 0.3 is 91.3 Å². The van der Waals surface area contributed by atoms with Gasteiger partial charge in [-0.2, -0.15) is 0 Å². The maximum Gasteiger partial charge on any atom is 5.00 e. The fourth-order valence-corrected chi connectivity index (χ4v) is 0. The van der Waals surface area contributed by atoms with E-state index >= 15 is 0 Å². The van der Waals surface area contributed by atoms with E-state index in [2.05, 4.69) is 0 Å². The van der Waals surface area contributed by atoms with Crippen LogP contribution >= 0.6 is 0 Å². The van der Waals surface area contributed by atoms with Gasteiger partial charge in [-0.3, -0.25) is 0 Å². The van der Waals surface area contributed by atoms with Crippen LogP contribution in [0.3, 0.4) is 0 Å². The first kappa shape index (κ1) is 47.8. The molecule has 5 heavy (non-hydrogen) atoms. The summed E-state index contributed by atoms with van der Waals surface area (Å²) in [6.07, 6.45) is 0. The van der Waals surface area contributed by atoms with Gasteiger partial charge in [0.25, 0.3) is 0 Å². The molecule has 0 spiro atoms. The number of rotatable bonds is 0. The molecule has 3 nitrogen and oxygen atoms in total. The second-order valence-electron chi connectivity index (χ2n) is 0. The fraction of sp³-hybridized carbons (Fsp3) is 0. The first-order chi connectivity index (χ1) is 0. The quantitative estimate of drug-likeness (QED) is 0.413. The zero-order valence-electron chi connectivity index (χ0n) is 2.67. The second-order valence-corrected chi connectivity index (χ2v) is 0. The van der Waals surface area contributed by atoms with Crippen LogP contribution in [0.4, 0.5) is 0 Å². The van der Waals surface area contributed by atoms with E-state index in [9.17, 15) is 0 Å². The minimum Gasteiger partial charge on any atom is -2.00 e. The van der Waals surface area contributed by atoms with Gasteiger partial charge in [-0.25, -0.2) is 0 Å². The molecule has 0 N–H and O–H groups in total. The molecule has 0 bridgehead atoms. The van der Waals surface area contributed by atoms with Crippen LogP contribution in [0.25, 0.3) is 0 Å². The Morgan fingerprint density at radius 1 is 0.600 bits per heavy atom. The molecule has 0 aliphatic heterocycles. The molecule has 0 atom stereocenters. The summed E-state index contributed by atoms with van der Waals surface area (Å²) in [6, 6.07) is 0. The largest absolute Gasteiger partial charge is 5.00 e. The molecule has 0 aromatic rings. The van der Waals surface area contributed by atoms with Gasteiger partial charge < -0.3 is 16.4 Å². The zero-order valence-corrected chi connectivity index (χ0v) is 11.2. The third-order valence-corrected chi connectivity index (χ3v) is 0. The Balaban J connectivity index is 0. The Labute approximate surface area is 105 Å². The maximum atomic E-state index is 0. The molecule has 0 rings (SSSR count). The first-order valence-electron chi connectivity index (χ1n) is 0. The number of hydrogen-bond acceptors (Lipinski definition) is 0. The average Bonchev–Trinajstić information content (AvgIpc) is 0. The molecule has 0 unspecified atom stereocenters. The van der Waals surface area contributed by atoms with Crippen molar-refractivity contribution in [1.82, 2.24) is 0 Å². The Morgan fingerprint density at radius 2 is 0.600 bits per heavy atom. The van der Waals surface area contributed by atoms with E-state index in [0.717, 1.165) is 0 Å². The van der Waals surface area contributed by atoms with Crippen molar-refractivity contribution in [3.8, 4) is 0 Å². The Kier molecular flexibility index (Phi) is 288. The van der Waals surface area contributed by atoms with Gasteiger partial charge in [-0.1, -0.05) is 0 Å². The molecule has 0 aliphatic rings. The van der Waals surface area contributed by atoms with Gasteiger partial charge in [0, 0.05) is 0 Å². The smallest absolute Gasteiger partial charge is 2.00 e. The van der Waals surface area contributed by atoms with Crippen molar-refractivity contribution in [2.75, 3.05) is 0 Å². The third kappa shape index (κ3) is 20.4. The van der Waals surface area contributed by atoms with E-state index < -0.39 is 0 Å². The molecule has 0 amide bonds. The van der Waals surface area contributed by atoms with Crippen molar-refractivity contribution >= 4 is 0 Å². The van der Waals surface area contributed by atoms with Crippen molar-refractivity contribution in [2.24, 2.45) is 0 Å². The van der Waals surface area contributed by atoms with Crippen LogP contribution in [0.1, 0.15) is 0 Å². The van der Waals surface area contributed by atoms with Crippen molar-refractivity contribution in [1.29, 1.82) is 0 Å². The van der Waals surface area contributed by atoms with Gasteiger partial charge in [-0.15, -0.1) is 0 Å². The minimum atomic E-state index is 0. The van der Waals surface area contributed by atoms with Crippen LogP contribution in [-0.4, -0.2) is 0 Å². The van der Waals surface area contributed by atoms with Gasteiger partial charge in [0.2, 0.25) is 0 Å². The molecule has 0 saturated heterocycles. The molecule has 0 radical (unpaired) electrons. The molecular formula is CsNbO3.